The average molecular weight is 260 g/mol. The molecule has 2 unspecified atom stereocenters. The van der Waals surface area contributed by atoms with Gasteiger partial charge in [-0.05, 0) is 6.07 Å². The van der Waals surface area contributed by atoms with Crippen LogP contribution in [-0.4, -0.2) is 6.04 Å². The third-order valence-electron chi connectivity index (χ3n) is 2.85. The number of halogens is 1. The van der Waals surface area contributed by atoms with Gasteiger partial charge in [-0.2, -0.15) is 0 Å². The second-order valence-electron chi connectivity index (χ2n) is 3.78. The second kappa shape index (κ2) is 3.46. The number of fused-ring (bicyclic) bond motifs is 2. The lowest BCUT2D eigenvalue weighted by atomic mass is 9.92. The molecule has 0 amide bonds. The van der Waals surface area contributed by atoms with Gasteiger partial charge in [0.15, 0.2) is 0 Å². The Morgan fingerprint density at radius 3 is 2.80 bits per heavy atom. The van der Waals surface area contributed by atoms with Crippen LogP contribution >= 0.6 is 15.9 Å². The van der Waals surface area contributed by atoms with Gasteiger partial charge in [0.2, 0.25) is 0 Å². The number of hydrogen-bond acceptors (Lipinski definition) is 1. The Kier molecular flexibility index (Phi) is 2.10. The van der Waals surface area contributed by atoms with Gasteiger partial charge < -0.3 is 0 Å². The van der Waals surface area contributed by atoms with E-state index in [1.807, 2.05) is 6.07 Å². The number of benzene rings is 1. The number of nitrogens with zero attached hydrogens (tertiary/aromatic N) is 1. The first-order valence-electron chi connectivity index (χ1n) is 5.04. The van der Waals surface area contributed by atoms with Gasteiger partial charge >= 0.3 is 0 Å². The van der Waals surface area contributed by atoms with Crippen molar-refractivity contribution in [2.24, 2.45) is 10.9 Å². The van der Waals surface area contributed by atoms with Crippen LogP contribution in [0, 0.1) is 5.92 Å². The quantitative estimate of drug-likeness (QED) is 0.676. The van der Waals surface area contributed by atoms with Crippen molar-refractivity contribution in [3.05, 3.63) is 59.1 Å². The molecule has 74 valence electrons. The van der Waals surface area contributed by atoms with Crippen LogP contribution in [-0.2, 0) is 0 Å². The predicted molar refractivity (Wildman–Crippen MR) is 65.1 cm³/mol. The van der Waals surface area contributed by atoms with E-state index in [1.165, 1.54) is 9.70 Å². The lowest BCUT2D eigenvalue weighted by molar-refractivity contribution is 0.679. The summed E-state index contributed by atoms with van der Waals surface area (Å²) in [5.41, 5.74) is 0. The Labute approximate surface area is 96.7 Å². The first-order valence-corrected chi connectivity index (χ1v) is 5.83. The Morgan fingerprint density at radius 1 is 1.07 bits per heavy atom. The van der Waals surface area contributed by atoms with Crippen LogP contribution in [0.2, 0.25) is 0 Å². The van der Waals surface area contributed by atoms with Crippen molar-refractivity contribution in [1.82, 2.24) is 0 Å². The normalized spacial score (nSPS) is 26.9. The van der Waals surface area contributed by atoms with Gasteiger partial charge in [-0.1, -0.05) is 58.4 Å². The lowest BCUT2D eigenvalue weighted by Crippen LogP contribution is -2.37. The zero-order valence-corrected chi connectivity index (χ0v) is 9.68. The molecule has 1 aromatic carbocycles. The standard InChI is InChI=1S/C13H10BrN/c14-13-9-5-1-3-7-11(9)15-12-8-4-2-6-10(12)13/h1-9,11H. The minimum atomic E-state index is 0.263. The molecule has 2 aliphatic rings. The van der Waals surface area contributed by atoms with Gasteiger partial charge in [-0.3, -0.25) is 4.99 Å². The van der Waals surface area contributed by atoms with Gasteiger partial charge in [-0.25, -0.2) is 0 Å². The molecular weight excluding hydrogens is 250 g/mol. The molecule has 0 aromatic heterocycles. The van der Waals surface area contributed by atoms with Crippen molar-refractivity contribution in [2.75, 3.05) is 0 Å². The summed E-state index contributed by atoms with van der Waals surface area (Å²) in [5, 5.41) is 2.31. The first-order chi connectivity index (χ1) is 7.36. The summed E-state index contributed by atoms with van der Waals surface area (Å²) in [6.45, 7) is 0. The van der Waals surface area contributed by atoms with Gasteiger partial charge in [0.25, 0.3) is 0 Å². The fraction of sp³-hybridized carbons (Fsp3) is 0.154. The summed E-state index contributed by atoms with van der Waals surface area (Å²) in [4.78, 5) is 4.73. The van der Waals surface area contributed by atoms with E-state index in [-0.39, 0.29) is 6.04 Å². The molecule has 0 bridgehead atoms. The van der Waals surface area contributed by atoms with Crippen molar-refractivity contribution in [3.63, 3.8) is 0 Å². The molecule has 1 aromatic rings. The van der Waals surface area contributed by atoms with Crippen LogP contribution in [0.5, 0.6) is 0 Å². The third-order valence-corrected chi connectivity index (χ3v) is 3.80. The van der Waals surface area contributed by atoms with Gasteiger partial charge in [0.05, 0.1) is 11.4 Å². The molecule has 3 rings (SSSR count). The number of hydrogen-bond donors (Lipinski definition) is 0. The van der Waals surface area contributed by atoms with Crippen LogP contribution in [0.1, 0.15) is 0 Å². The SMILES string of the molecule is BrC1=c2ccccc2=NC2C=CC=CC12. The maximum absolute atomic E-state index is 4.73. The highest BCUT2D eigenvalue weighted by atomic mass is 79.9. The molecule has 0 spiro atoms. The van der Waals surface area contributed by atoms with Crippen molar-refractivity contribution < 1.29 is 0 Å². The fourth-order valence-electron chi connectivity index (χ4n) is 2.08. The van der Waals surface area contributed by atoms with Crippen LogP contribution < -0.4 is 10.6 Å². The highest BCUT2D eigenvalue weighted by Gasteiger charge is 2.23. The third kappa shape index (κ3) is 1.40. The highest BCUT2D eigenvalue weighted by Crippen LogP contribution is 2.28. The maximum Gasteiger partial charge on any atom is 0.0798 e. The molecule has 0 N–H and O–H groups in total. The van der Waals surface area contributed by atoms with E-state index in [4.69, 9.17) is 4.99 Å². The van der Waals surface area contributed by atoms with Crippen LogP contribution in [0.3, 0.4) is 0 Å². The van der Waals surface area contributed by atoms with Gasteiger partial charge in [0, 0.05) is 15.6 Å². The Bertz CT molecular complexity index is 568. The Morgan fingerprint density at radius 2 is 1.87 bits per heavy atom. The largest absolute Gasteiger partial charge is 0.276 e. The number of rotatable bonds is 0. The van der Waals surface area contributed by atoms with Crippen molar-refractivity contribution in [3.8, 4) is 0 Å². The minimum absolute atomic E-state index is 0.263. The summed E-state index contributed by atoms with van der Waals surface area (Å²) in [7, 11) is 0. The van der Waals surface area contributed by atoms with Gasteiger partial charge in [-0.15, -0.1) is 0 Å². The molecule has 1 heterocycles. The fourth-order valence-corrected chi connectivity index (χ4v) is 2.84. The summed E-state index contributed by atoms with van der Waals surface area (Å²) in [6, 6.07) is 8.53. The minimum Gasteiger partial charge on any atom is -0.276 e. The molecule has 2 heteroatoms. The molecule has 0 saturated carbocycles. The van der Waals surface area contributed by atoms with Gasteiger partial charge in [0.1, 0.15) is 0 Å². The van der Waals surface area contributed by atoms with E-state index in [2.05, 4.69) is 58.4 Å². The monoisotopic (exact) mass is 259 g/mol. The lowest BCUT2D eigenvalue weighted by Gasteiger charge is -2.23. The maximum atomic E-state index is 4.73. The molecule has 0 radical (unpaired) electrons. The van der Waals surface area contributed by atoms with Crippen molar-refractivity contribution in [2.45, 2.75) is 6.04 Å². The number of para-hydroxylation sites is 1. The van der Waals surface area contributed by atoms with E-state index < -0.39 is 0 Å². The summed E-state index contributed by atoms with van der Waals surface area (Å²) >= 11 is 3.70. The van der Waals surface area contributed by atoms with Crippen LogP contribution in [0.4, 0.5) is 0 Å². The zero-order chi connectivity index (χ0) is 10.3. The van der Waals surface area contributed by atoms with E-state index in [9.17, 15) is 0 Å². The van der Waals surface area contributed by atoms with E-state index in [0.717, 1.165) is 5.36 Å². The topological polar surface area (TPSA) is 12.4 Å². The zero-order valence-electron chi connectivity index (χ0n) is 8.10. The Balaban J connectivity index is 2.34. The predicted octanol–water partition coefficient (Wildman–Crippen LogP) is 1.93. The smallest absolute Gasteiger partial charge is 0.0798 e. The Hall–Kier alpha value is -1.15. The second-order valence-corrected chi connectivity index (χ2v) is 4.63. The van der Waals surface area contributed by atoms with Crippen molar-refractivity contribution >= 4 is 20.4 Å². The molecule has 2 atom stereocenters. The van der Waals surface area contributed by atoms with E-state index in [1.54, 1.807) is 0 Å². The number of allylic oxidation sites excluding steroid dienone is 2. The molecule has 0 saturated heterocycles. The van der Waals surface area contributed by atoms with Crippen molar-refractivity contribution in [1.29, 1.82) is 0 Å². The highest BCUT2D eigenvalue weighted by molar-refractivity contribution is 9.14. The average Bonchev–Trinajstić information content (AvgIpc) is 2.30. The van der Waals surface area contributed by atoms with Crippen LogP contribution in [0.15, 0.2) is 53.6 Å². The molecule has 0 fully saturated rings. The molecule has 1 aliphatic heterocycles. The van der Waals surface area contributed by atoms with Crippen LogP contribution in [0.25, 0.3) is 4.48 Å². The van der Waals surface area contributed by atoms with E-state index >= 15 is 0 Å². The molecular formula is C13H10BrN. The van der Waals surface area contributed by atoms with E-state index in [0.29, 0.717) is 5.92 Å². The summed E-state index contributed by atoms with van der Waals surface area (Å²) in [5.74, 6) is 0.380. The molecule has 1 aliphatic carbocycles. The molecule has 15 heavy (non-hydrogen) atoms. The molecule has 1 nitrogen and oxygen atoms in total. The summed E-state index contributed by atoms with van der Waals surface area (Å²) < 4.78 is 1.25. The first kappa shape index (κ1) is 9.10. The summed E-state index contributed by atoms with van der Waals surface area (Å²) in [6.07, 6.45) is 8.51.